The van der Waals surface area contributed by atoms with Crippen molar-refractivity contribution in [1.82, 2.24) is 0 Å². The standard InChI is InChI=1S/C36H31NO4/c1-21(2)34(38)40-29-17-18-30(41-35(39)22(3)4)33-32(29)31-25-9-5-7-11-27(25)36(33,28-12-8-6-10-26(28)31)19-23-13-15-24(20-37)16-14-23/h5-18,21-22,31H,19H2,1-4H3. The molecule has 0 heterocycles. The lowest BCUT2D eigenvalue weighted by atomic mass is 9.51. The normalized spacial score (nSPS) is 17.8. The van der Waals surface area contributed by atoms with Crippen LogP contribution in [0.4, 0.5) is 0 Å². The molecule has 41 heavy (non-hydrogen) atoms. The van der Waals surface area contributed by atoms with E-state index in [1.54, 1.807) is 12.1 Å². The summed E-state index contributed by atoms with van der Waals surface area (Å²) in [6.07, 6.45) is 0.556. The molecule has 0 spiro atoms. The van der Waals surface area contributed by atoms with Crippen LogP contribution >= 0.6 is 0 Å². The van der Waals surface area contributed by atoms with E-state index in [2.05, 4.69) is 30.3 Å². The van der Waals surface area contributed by atoms with Crippen molar-refractivity contribution in [2.45, 2.75) is 45.4 Å². The predicted molar refractivity (Wildman–Crippen MR) is 156 cm³/mol. The lowest BCUT2D eigenvalue weighted by molar-refractivity contribution is -0.139. The van der Waals surface area contributed by atoms with Crippen LogP contribution in [0, 0.1) is 23.2 Å². The molecule has 0 atom stereocenters. The van der Waals surface area contributed by atoms with Gasteiger partial charge in [-0.3, -0.25) is 9.59 Å². The van der Waals surface area contributed by atoms with Crippen LogP contribution in [0.5, 0.6) is 11.5 Å². The third-order valence-corrected chi connectivity index (χ3v) is 8.26. The number of esters is 2. The van der Waals surface area contributed by atoms with Gasteiger partial charge in [0, 0.05) is 17.0 Å². The summed E-state index contributed by atoms with van der Waals surface area (Å²) in [5, 5.41) is 9.41. The van der Waals surface area contributed by atoms with Crippen LogP contribution < -0.4 is 9.47 Å². The topological polar surface area (TPSA) is 76.4 Å². The molecule has 7 rings (SSSR count). The Balaban J connectivity index is 1.70. The van der Waals surface area contributed by atoms with E-state index in [-0.39, 0.29) is 29.7 Å². The maximum atomic E-state index is 13.0. The van der Waals surface area contributed by atoms with Gasteiger partial charge >= 0.3 is 11.9 Å². The Kier molecular flexibility index (Phi) is 6.50. The van der Waals surface area contributed by atoms with Crippen molar-refractivity contribution in [1.29, 1.82) is 5.26 Å². The molecular formula is C36H31NO4. The van der Waals surface area contributed by atoms with Crippen molar-refractivity contribution >= 4 is 11.9 Å². The first-order valence-electron chi connectivity index (χ1n) is 14.0. The summed E-state index contributed by atoms with van der Waals surface area (Å²) in [6.45, 7) is 7.26. The average molecular weight is 542 g/mol. The van der Waals surface area contributed by atoms with E-state index in [9.17, 15) is 14.9 Å². The zero-order valence-electron chi connectivity index (χ0n) is 23.6. The number of rotatable bonds is 6. The quantitative estimate of drug-likeness (QED) is 0.193. The van der Waals surface area contributed by atoms with Crippen LogP contribution in [-0.2, 0) is 21.4 Å². The lowest BCUT2D eigenvalue weighted by Gasteiger charge is -2.51. The molecule has 0 unspecified atom stereocenters. The molecular weight excluding hydrogens is 510 g/mol. The van der Waals surface area contributed by atoms with Gasteiger partial charge in [-0.05, 0) is 58.5 Å². The molecule has 0 N–H and O–H groups in total. The molecule has 4 aromatic carbocycles. The van der Waals surface area contributed by atoms with E-state index in [1.807, 2.05) is 76.2 Å². The van der Waals surface area contributed by atoms with Crippen molar-refractivity contribution in [3.63, 3.8) is 0 Å². The van der Waals surface area contributed by atoms with Gasteiger partial charge in [0.15, 0.2) is 0 Å². The summed E-state index contributed by atoms with van der Waals surface area (Å²) in [7, 11) is 0. The molecule has 5 nitrogen and oxygen atoms in total. The number of nitriles is 1. The minimum Gasteiger partial charge on any atom is -0.426 e. The van der Waals surface area contributed by atoms with Gasteiger partial charge in [0.2, 0.25) is 0 Å². The predicted octanol–water partition coefficient (Wildman–Crippen LogP) is 7.07. The molecule has 0 amide bonds. The van der Waals surface area contributed by atoms with Crippen LogP contribution in [0.2, 0.25) is 0 Å². The molecule has 4 aromatic rings. The molecule has 0 radical (unpaired) electrons. The summed E-state index contributed by atoms with van der Waals surface area (Å²) in [6, 6.07) is 30.2. The highest BCUT2D eigenvalue weighted by molar-refractivity contribution is 5.82. The van der Waals surface area contributed by atoms with Gasteiger partial charge in [-0.2, -0.15) is 5.26 Å². The van der Waals surface area contributed by atoms with E-state index in [1.165, 1.54) is 0 Å². The number of nitrogens with zero attached hydrogens (tertiary/aromatic N) is 1. The first-order chi connectivity index (χ1) is 19.8. The second kappa shape index (κ2) is 10.1. The first-order valence-corrected chi connectivity index (χ1v) is 14.0. The van der Waals surface area contributed by atoms with E-state index in [0.29, 0.717) is 23.5 Å². The smallest absolute Gasteiger partial charge is 0.313 e. The van der Waals surface area contributed by atoms with Crippen LogP contribution in [0.15, 0.2) is 84.9 Å². The molecule has 2 bridgehead atoms. The van der Waals surface area contributed by atoms with Gasteiger partial charge in [-0.25, -0.2) is 0 Å². The van der Waals surface area contributed by atoms with Gasteiger partial charge < -0.3 is 9.47 Å². The highest BCUT2D eigenvalue weighted by atomic mass is 16.5. The second-order valence-electron chi connectivity index (χ2n) is 11.5. The van der Waals surface area contributed by atoms with Crippen molar-refractivity contribution in [3.05, 3.63) is 129 Å². The fraction of sp³-hybridized carbons (Fsp3) is 0.250. The number of carbonyl (C=O) groups is 2. The lowest BCUT2D eigenvalue weighted by Crippen LogP contribution is -2.44. The molecule has 0 saturated heterocycles. The Labute approximate surface area is 240 Å². The molecule has 0 aliphatic heterocycles. The van der Waals surface area contributed by atoms with Crippen molar-refractivity contribution < 1.29 is 19.1 Å². The first kappa shape index (κ1) is 26.5. The van der Waals surface area contributed by atoms with E-state index in [4.69, 9.17) is 9.47 Å². The number of hydrogen-bond acceptors (Lipinski definition) is 5. The fourth-order valence-electron chi connectivity index (χ4n) is 6.38. The summed E-state index contributed by atoms with van der Waals surface area (Å²) < 4.78 is 12.2. The number of carbonyl (C=O) groups excluding carboxylic acids is 2. The average Bonchev–Trinajstić information content (AvgIpc) is 2.98. The molecule has 3 aliphatic carbocycles. The SMILES string of the molecule is CC(C)C(=O)Oc1ccc(OC(=O)C(C)C)c2c1C1c3ccccc3C2(Cc2ccc(C#N)cc2)c2ccccc21. The maximum Gasteiger partial charge on any atom is 0.313 e. The largest absolute Gasteiger partial charge is 0.426 e. The molecule has 0 aromatic heterocycles. The van der Waals surface area contributed by atoms with Crippen LogP contribution in [0.1, 0.15) is 78.1 Å². The highest BCUT2D eigenvalue weighted by Gasteiger charge is 2.54. The zero-order chi connectivity index (χ0) is 28.9. The highest BCUT2D eigenvalue weighted by Crippen LogP contribution is 2.64. The number of hydrogen-bond donors (Lipinski definition) is 0. The molecule has 5 heteroatoms. The van der Waals surface area contributed by atoms with E-state index >= 15 is 0 Å². The van der Waals surface area contributed by atoms with Gasteiger partial charge in [0.05, 0.1) is 28.9 Å². The maximum absolute atomic E-state index is 13.0. The Morgan fingerprint density at radius 2 is 1.27 bits per heavy atom. The molecule has 0 fully saturated rings. The monoisotopic (exact) mass is 541 g/mol. The van der Waals surface area contributed by atoms with Crippen molar-refractivity contribution in [2.24, 2.45) is 11.8 Å². The summed E-state index contributed by atoms with van der Waals surface area (Å²) in [5.41, 5.74) is 7.15. The van der Waals surface area contributed by atoms with Crippen LogP contribution in [0.3, 0.4) is 0 Å². The Bertz CT molecular complexity index is 1680. The number of benzene rings is 4. The number of ether oxygens (including phenoxy) is 2. The van der Waals surface area contributed by atoms with E-state index < -0.39 is 5.41 Å². The minimum atomic E-state index is -0.738. The fourth-order valence-corrected chi connectivity index (χ4v) is 6.38. The Morgan fingerprint density at radius 3 is 1.80 bits per heavy atom. The molecule has 204 valence electrons. The van der Waals surface area contributed by atoms with Crippen molar-refractivity contribution in [2.75, 3.05) is 0 Å². The van der Waals surface area contributed by atoms with Gasteiger partial charge in [-0.1, -0.05) is 88.4 Å². The third-order valence-electron chi connectivity index (χ3n) is 8.26. The summed E-state index contributed by atoms with van der Waals surface area (Å²) in [4.78, 5) is 26.0. The van der Waals surface area contributed by atoms with Crippen LogP contribution in [0.25, 0.3) is 0 Å². The van der Waals surface area contributed by atoms with Gasteiger partial charge in [0.25, 0.3) is 0 Å². The summed E-state index contributed by atoms with van der Waals surface area (Å²) in [5.74, 6) is -0.505. The summed E-state index contributed by atoms with van der Waals surface area (Å²) >= 11 is 0. The second-order valence-corrected chi connectivity index (χ2v) is 11.5. The van der Waals surface area contributed by atoms with Gasteiger partial charge in [0.1, 0.15) is 11.5 Å². The van der Waals surface area contributed by atoms with Crippen molar-refractivity contribution in [3.8, 4) is 17.6 Å². The zero-order valence-corrected chi connectivity index (χ0v) is 23.6. The molecule has 3 aliphatic rings. The third kappa shape index (κ3) is 4.14. The minimum absolute atomic E-state index is 0.201. The molecule has 0 saturated carbocycles. The van der Waals surface area contributed by atoms with Gasteiger partial charge in [-0.15, -0.1) is 0 Å². The van der Waals surface area contributed by atoms with Crippen LogP contribution in [-0.4, -0.2) is 11.9 Å². The Hall–Kier alpha value is -4.69. The Morgan fingerprint density at radius 1 is 0.756 bits per heavy atom. The van der Waals surface area contributed by atoms with E-state index in [0.717, 1.165) is 38.9 Å².